The predicted molar refractivity (Wildman–Crippen MR) is 243 cm³/mol. The Labute approximate surface area is 356 Å². The first-order valence-corrected chi connectivity index (χ1v) is 19.9. The minimum Gasteiger partial charge on any atom is -0.507 e. The first kappa shape index (κ1) is 39.3. The van der Waals surface area contributed by atoms with Gasteiger partial charge in [-0.2, -0.15) is 0 Å². The molecule has 0 fully saturated rings. The van der Waals surface area contributed by atoms with Gasteiger partial charge in [0.25, 0.3) is 0 Å². The van der Waals surface area contributed by atoms with E-state index in [0.717, 1.165) is 68.1 Å². The average molecular weight is 820 g/mol. The molecule has 0 aromatic heterocycles. The molecule has 0 bridgehead atoms. The Kier molecular flexibility index (Phi) is 9.61. The molecule has 0 saturated heterocycles. The molecule has 0 unspecified atom stereocenters. The second-order valence-corrected chi connectivity index (χ2v) is 15.1. The van der Waals surface area contributed by atoms with E-state index in [1.807, 2.05) is 115 Å². The number of aromatic hydroxyl groups is 7. The van der Waals surface area contributed by atoms with Gasteiger partial charge in [0, 0.05) is 24.4 Å². The maximum atomic E-state index is 12.3. The average Bonchev–Trinajstić information content (AvgIpc) is 3.62. The van der Waals surface area contributed by atoms with Gasteiger partial charge in [0.05, 0.1) is 22.4 Å². The molecule has 62 heavy (non-hydrogen) atoms. The lowest BCUT2D eigenvalue weighted by Crippen LogP contribution is -2.28. The van der Waals surface area contributed by atoms with E-state index >= 15 is 0 Å². The number of benzene rings is 9. The molecule has 10 rings (SSSR count). The van der Waals surface area contributed by atoms with Gasteiger partial charge in [-0.1, -0.05) is 140 Å². The summed E-state index contributed by atoms with van der Waals surface area (Å²) >= 11 is 0. The number of anilines is 3. The fourth-order valence-electron chi connectivity index (χ4n) is 9.36. The van der Waals surface area contributed by atoms with Gasteiger partial charge in [-0.05, 0) is 85.6 Å². The van der Waals surface area contributed by atoms with Crippen molar-refractivity contribution in [3.8, 4) is 62.5 Å². The molecule has 1 aliphatic carbocycles. The molecule has 9 aromatic carbocycles. The van der Waals surface area contributed by atoms with Gasteiger partial charge in [0.2, 0.25) is 11.5 Å². The fraction of sp³-hybridized carbons (Fsp3) is 0.0566. The third-order valence-electron chi connectivity index (χ3n) is 12.0. The monoisotopic (exact) mass is 819 g/mol. The first-order chi connectivity index (χ1) is 30.1. The number of hydrogen-bond donors (Lipinski definition) is 8. The van der Waals surface area contributed by atoms with Crippen LogP contribution in [0, 0.1) is 6.92 Å². The van der Waals surface area contributed by atoms with Gasteiger partial charge in [-0.15, -0.1) is 0 Å². The van der Waals surface area contributed by atoms with E-state index in [1.54, 1.807) is 13.0 Å². The summed E-state index contributed by atoms with van der Waals surface area (Å²) in [5.41, 5.74) is 5.38. The standard InChI is InChI=1S/C52H37NO7.CH4O/c1-29-45(50(59)49(58)44(46(29)55)39-26-30-14-8-9-19-34(30)35-20-10-11-21-36(35)39)53(42-28-43(54)48(57)51(60)47(42)56)33-24-25-38-37-22-12-13-23-40(37)52(41(38)27-33,31-15-4-2-5-16-31)32-17-6-3-7-18-32;1-2/h2-28,54-60H,1H3;2H,1H3. The van der Waals surface area contributed by atoms with Crippen molar-refractivity contribution in [3.05, 3.63) is 192 Å². The van der Waals surface area contributed by atoms with E-state index in [2.05, 4.69) is 36.4 Å². The van der Waals surface area contributed by atoms with Crippen LogP contribution in [0.4, 0.5) is 17.1 Å². The molecule has 0 aliphatic heterocycles. The zero-order valence-corrected chi connectivity index (χ0v) is 33.6. The highest BCUT2D eigenvalue weighted by Gasteiger charge is 2.46. The van der Waals surface area contributed by atoms with Gasteiger partial charge < -0.3 is 45.8 Å². The van der Waals surface area contributed by atoms with Crippen molar-refractivity contribution in [1.29, 1.82) is 0 Å². The van der Waals surface area contributed by atoms with Crippen LogP contribution < -0.4 is 4.90 Å². The number of phenols is 7. The van der Waals surface area contributed by atoms with Crippen molar-refractivity contribution in [2.45, 2.75) is 12.3 Å². The van der Waals surface area contributed by atoms with Crippen molar-refractivity contribution in [3.63, 3.8) is 0 Å². The van der Waals surface area contributed by atoms with Gasteiger partial charge in [0.1, 0.15) is 5.75 Å². The zero-order chi connectivity index (χ0) is 43.4. The number of rotatable bonds is 6. The summed E-state index contributed by atoms with van der Waals surface area (Å²) in [4.78, 5) is 1.35. The lowest BCUT2D eigenvalue weighted by Gasteiger charge is -2.35. The molecule has 0 saturated carbocycles. The van der Waals surface area contributed by atoms with Gasteiger partial charge in [-0.3, -0.25) is 0 Å². The van der Waals surface area contributed by atoms with Crippen molar-refractivity contribution in [2.24, 2.45) is 0 Å². The summed E-state index contributed by atoms with van der Waals surface area (Å²) in [6.45, 7) is 1.57. The zero-order valence-electron chi connectivity index (χ0n) is 33.6. The smallest absolute Gasteiger partial charge is 0.206 e. The predicted octanol–water partition coefficient (Wildman–Crippen LogP) is 11.3. The molecule has 0 radical (unpaired) electrons. The number of aliphatic hydroxyl groups excluding tert-OH is 1. The third-order valence-corrected chi connectivity index (χ3v) is 12.0. The summed E-state index contributed by atoms with van der Waals surface area (Å²) in [5.74, 6) is -5.17. The maximum Gasteiger partial charge on any atom is 0.206 e. The molecule has 1 aliphatic rings. The lowest BCUT2D eigenvalue weighted by atomic mass is 9.67. The molecular formula is C53H41NO8. The molecule has 9 nitrogen and oxygen atoms in total. The summed E-state index contributed by atoms with van der Waals surface area (Å²) in [7, 11) is 1.00. The van der Waals surface area contributed by atoms with E-state index in [4.69, 9.17) is 5.11 Å². The van der Waals surface area contributed by atoms with Gasteiger partial charge >= 0.3 is 0 Å². The maximum absolute atomic E-state index is 12.3. The van der Waals surface area contributed by atoms with Crippen LogP contribution in [-0.4, -0.2) is 48.0 Å². The Morgan fingerprint density at radius 1 is 0.419 bits per heavy atom. The van der Waals surface area contributed by atoms with Crippen molar-refractivity contribution >= 4 is 38.6 Å². The molecule has 0 atom stereocenters. The fourth-order valence-corrected chi connectivity index (χ4v) is 9.36. The van der Waals surface area contributed by atoms with E-state index in [9.17, 15) is 35.7 Å². The van der Waals surface area contributed by atoms with Crippen LogP contribution in [0.5, 0.6) is 40.2 Å². The highest BCUT2D eigenvalue weighted by atomic mass is 16.3. The minimum absolute atomic E-state index is 0.00662. The van der Waals surface area contributed by atoms with Gasteiger partial charge in [-0.25, -0.2) is 0 Å². The second kappa shape index (κ2) is 15.2. The molecule has 0 heterocycles. The number of nitrogens with zero attached hydrogens (tertiary/aromatic N) is 1. The quantitative estimate of drug-likeness (QED) is 0.0463. The SMILES string of the molecule is CO.Cc1c(O)c(-c2cc3ccccc3c3ccccc23)c(O)c(O)c1N(c1ccc2c(c1)C(c1ccccc1)(c1ccccc1)c1ccccc1-2)c1cc(O)c(O)c(O)c1O. The summed E-state index contributed by atoms with van der Waals surface area (Å²) in [6.07, 6.45) is 0. The molecular weight excluding hydrogens is 779 g/mol. The van der Waals surface area contributed by atoms with Crippen LogP contribution in [0.2, 0.25) is 0 Å². The summed E-state index contributed by atoms with van der Waals surface area (Å²) < 4.78 is 0. The molecule has 8 N–H and O–H groups in total. The van der Waals surface area contributed by atoms with Crippen LogP contribution in [0.25, 0.3) is 43.8 Å². The van der Waals surface area contributed by atoms with E-state index < -0.39 is 39.9 Å². The Morgan fingerprint density at radius 3 is 1.66 bits per heavy atom. The first-order valence-electron chi connectivity index (χ1n) is 19.9. The summed E-state index contributed by atoms with van der Waals surface area (Å²) in [6, 6.07) is 52.3. The largest absolute Gasteiger partial charge is 0.507 e. The van der Waals surface area contributed by atoms with Crippen LogP contribution in [0.15, 0.2) is 164 Å². The summed E-state index contributed by atoms with van der Waals surface area (Å²) in [5, 5.41) is 91.2. The Balaban J connectivity index is 0.00000242. The Hall–Kier alpha value is -8.14. The van der Waals surface area contributed by atoms with Crippen LogP contribution in [0.1, 0.15) is 27.8 Å². The lowest BCUT2D eigenvalue weighted by molar-refractivity contribution is 0.346. The highest BCUT2D eigenvalue weighted by Crippen LogP contribution is 2.61. The molecule has 306 valence electrons. The van der Waals surface area contributed by atoms with E-state index in [1.165, 1.54) is 4.90 Å². The van der Waals surface area contributed by atoms with Crippen molar-refractivity contribution in [1.82, 2.24) is 0 Å². The molecule has 0 amide bonds. The Bertz CT molecular complexity index is 3130. The van der Waals surface area contributed by atoms with Crippen LogP contribution in [0.3, 0.4) is 0 Å². The molecule has 0 spiro atoms. The normalized spacial score (nSPS) is 12.4. The number of fused-ring (bicyclic) bond motifs is 6. The van der Waals surface area contributed by atoms with Crippen LogP contribution in [-0.2, 0) is 5.41 Å². The molecule has 9 heteroatoms. The van der Waals surface area contributed by atoms with E-state index in [0.29, 0.717) is 11.3 Å². The number of phenolic OH excluding ortho intramolecular Hbond substituents is 7. The van der Waals surface area contributed by atoms with Crippen LogP contribution >= 0.6 is 0 Å². The van der Waals surface area contributed by atoms with Gasteiger partial charge in [0.15, 0.2) is 23.0 Å². The minimum atomic E-state index is -1.00. The topological polar surface area (TPSA) is 165 Å². The van der Waals surface area contributed by atoms with Crippen molar-refractivity contribution in [2.75, 3.05) is 12.0 Å². The number of hydrogen-bond acceptors (Lipinski definition) is 9. The van der Waals surface area contributed by atoms with Crippen molar-refractivity contribution < 1.29 is 40.9 Å². The highest BCUT2D eigenvalue weighted by molar-refractivity contribution is 6.15. The second-order valence-electron chi connectivity index (χ2n) is 15.1. The molecule has 9 aromatic rings. The van der Waals surface area contributed by atoms with E-state index in [-0.39, 0.29) is 28.3 Å². The Morgan fingerprint density at radius 2 is 0.984 bits per heavy atom. The third kappa shape index (κ3) is 5.67. The number of aliphatic hydroxyl groups is 1.